The van der Waals surface area contributed by atoms with Gasteiger partial charge in [-0.15, -0.1) is 0 Å². The van der Waals surface area contributed by atoms with Crippen molar-refractivity contribution in [2.24, 2.45) is 5.16 Å². The van der Waals surface area contributed by atoms with Crippen LogP contribution < -0.4 is 4.90 Å². The maximum atomic E-state index is 11.9. The minimum absolute atomic E-state index is 0.0757. The number of carbonyl (C=O) groups excluding carboxylic acids is 1. The van der Waals surface area contributed by atoms with E-state index < -0.39 is 10.4 Å². The summed E-state index contributed by atoms with van der Waals surface area (Å²) < 4.78 is 33.8. The lowest BCUT2D eigenvalue weighted by Crippen LogP contribution is -2.37. The van der Waals surface area contributed by atoms with Crippen LogP contribution in [0, 0.1) is 0 Å². The monoisotopic (exact) mass is 332 g/mol. The van der Waals surface area contributed by atoms with Gasteiger partial charge in [-0.3, -0.25) is 9.35 Å². The average Bonchev–Trinajstić information content (AvgIpc) is 2.42. The molecule has 0 bridgehead atoms. The van der Waals surface area contributed by atoms with E-state index in [-0.39, 0.29) is 5.91 Å². The van der Waals surface area contributed by atoms with Crippen LogP contribution >= 0.6 is 11.6 Å². The minimum Gasteiger partial charge on any atom is -0.311 e. The van der Waals surface area contributed by atoms with Crippen molar-refractivity contribution in [1.29, 1.82) is 0 Å². The molecule has 1 aliphatic rings. The molecule has 2 rings (SSSR count). The van der Waals surface area contributed by atoms with E-state index in [4.69, 9.17) is 16.2 Å². The molecular weight excluding hydrogens is 320 g/mol. The quantitative estimate of drug-likeness (QED) is 0.674. The Kier molecular flexibility index (Phi) is 4.50. The maximum absolute atomic E-state index is 11.9. The van der Waals surface area contributed by atoms with Crippen molar-refractivity contribution in [3.05, 3.63) is 28.8 Å². The standard InChI is InChI=1S/C12H13ClN2O5S/c1-2-12(16)15-6-5-10(14-20-21(17,18)19)9-4-3-8(13)7-11(9)15/h3-4,7H,2,5-6H2,1H3,(H,17,18,19)/b14-10+. The lowest BCUT2D eigenvalue weighted by molar-refractivity contribution is -0.118. The third-order valence-corrected chi connectivity index (χ3v) is 3.48. The van der Waals surface area contributed by atoms with Crippen molar-refractivity contribution < 1.29 is 22.0 Å². The molecule has 1 aromatic carbocycles. The highest BCUT2D eigenvalue weighted by molar-refractivity contribution is 7.80. The Morgan fingerprint density at radius 3 is 2.86 bits per heavy atom. The molecular formula is C12H13ClN2O5S. The van der Waals surface area contributed by atoms with E-state index >= 15 is 0 Å². The van der Waals surface area contributed by atoms with Crippen molar-refractivity contribution in [3.63, 3.8) is 0 Å². The number of halogens is 1. The van der Waals surface area contributed by atoms with Crippen LogP contribution in [0.5, 0.6) is 0 Å². The fourth-order valence-electron chi connectivity index (χ4n) is 2.08. The molecule has 9 heteroatoms. The van der Waals surface area contributed by atoms with Gasteiger partial charge in [0, 0.05) is 30.0 Å². The van der Waals surface area contributed by atoms with Crippen LogP contribution in [0.2, 0.25) is 5.02 Å². The minimum atomic E-state index is -4.66. The summed E-state index contributed by atoms with van der Waals surface area (Å²) in [6, 6.07) is 4.83. The van der Waals surface area contributed by atoms with Gasteiger partial charge in [0.15, 0.2) is 0 Å². The summed E-state index contributed by atoms with van der Waals surface area (Å²) in [6.07, 6.45) is 0.635. The van der Waals surface area contributed by atoms with Gasteiger partial charge in [0.25, 0.3) is 0 Å². The Labute approximate surface area is 127 Å². The van der Waals surface area contributed by atoms with Crippen molar-refractivity contribution >= 4 is 39.3 Å². The summed E-state index contributed by atoms with van der Waals surface area (Å²) in [4.78, 5) is 13.5. The molecule has 0 saturated heterocycles. The lowest BCUT2D eigenvalue weighted by atomic mass is 9.99. The van der Waals surface area contributed by atoms with Crippen LogP contribution in [0.1, 0.15) is 25.3 Å². The zero-order valence-electron chi connectivity index (χ0n) is 11.1. The summed E-state index contributed by atoms with van der Waals surface area (Å²) in [5.41, 5.74) is 1.40. The van der Waals surface area contributed by atoms with Gasteiger partial charge in [-0.25, -0.2) is 4.28 Å². The molecule has 114 valence electrons. The fraction of sp³-hybridized carbons (Fsp3) is 0.333. The largest absolute Gasteiger partial charge is 0.466 e. The molecule has 0 spiro atoms. The second-order valence-electron chi connectivity index (χ2n) is 4.35. The van der Waals surface area contributed by atoms with E-state index in [1.54, 1.807) is 30.0 Å². The number of amides is 1. The van der Waals surface area contributed by atoms with E-state index in [2.05, 4.69) is 9.44 Å². The topological polar surface area (TPSA) is 96.3 Å². The Balaban J connectivity index is 2.45. The van der Waals surface area contributed by atoms with E-state index in [0.717, 1.165) is 0 Å². The van der Waals surface area contributed by atoms with Gasteiger partial charge in [0.1, 0.15) is 0 Å². The molecule has 0 saturated carbocycles. The summed E-state index contributed by atoms with van der Waals surface area (Å²) in [7, 11) is -4.66. The maximum Gasteiger partial charge on any atom is 0.466 e. The molecule has 21 heavy (non-hydrogen) atoms. The molecule has 7 nitrogen and oxygen atoms in total. The van der Waals surface area contributed by atoms with Gasteiger partial charge in [-0.05, 0) is 18.2 Å². The number of hydrogen-bond donors (Lipinski definition) is 1. The number of oxime groups is 1. The van der Waals surface area contributed by atoms with E-state index in [1.165, 1.54) is 0 Å². The van der Waals surface area contributed by atoms with Gasteiger partial charge in [-0.1, -0.05) is 23.7 Å². The number of hydrogen-bond acceptors (Lipinski definition) is 5. The van der Waals surface area contributed by atoms with Crippen LogP contribution in [0.4, 0.5) is 5.69 Å². The van der Waals surface area contributed by atoms with E-state index in [9.17, 15) is 13.2 Å². The number of anilines is 1. The van der Waals surface area contributed by atoms with Crippen LogP contribution in [0.25, 0.3) is 0 Å². The Hall–Kier alpha value is -1.64. The molecule has 0 aliphatic carbocycles. The SMILES string of the molecule is CCC(=O)N1CC/C(=N\OS(=O)(=O)O)c2ccc(Cl)cc21. The normalized spacial score (nSPS) is 16.7. The molecule has 0 aromatic heterocycles. The van der Waals surface area contributed by atoms with E-state index in [0.29, 0.717) is 41.4 Å². The van der Waals surface area contributed by atoms with Gasteiger partial charge in [0.05, 0.1) is 11.4 Å². The highest BCUT2D eigenvalue weighted by Gasteiger charge is 2.26. The lowest BCUT2D eigenvalue weighted by Gasteiger charge is -2.29. The Bertz CT molecular complexity index is 702. The molecule has 0 unspecified atom stereocenters. The predicted molar refractivity (Wildman–Crippen MR) is 77.9 cm³/mol. The second kappa shape index (κ2) is 6.00. The number of benzene rings is 1. The number of rotatable bonds is 3. The van der Waals surface area contributed by atoms with Crippen molar-refractivity contribution in [1.82, 2.24) is 0 Å². The van der Waals surface area contributed by atoms with Crippen LogP contribution in [-0.2, 0) is 19.5 Å². The van der Waals surface area contributed by atoms with Crippen molar-refractivity contribution in [2.75, 3.05) is 11.4 Å². The first-order valence-electron chi connectivity index (χ1n) is 6.15. The molecule has 0 fully saturated rings. The average molecular weight is 333 g/mol. The Morgan fingerprint density at radius 1 is 1.52 bits per heavy atom. The molecule has 1 aliphatic heterocycles. The fourth-order valence-corrected chi connectivity index (χ4v) is 2.43. The third-order valence-electron chi connectivity index (χ3n) is 2.98. The zero-order valence-corrected chi connectivity index (χ0v) is 12.7. The predicted octanol–water partition coefficient (Wildman–Crippen LogP) is 2.01. The van der Waals surface area contributed by atoms with Crippen LogP contribution in [0.3, 0.4) is 0 Å². The first-order chi connectivity index (χ1) is 9.81. The smallest absolute Gasteiger partial charge is 0.311 e. The highest BCUT2D eigenvalue weighted by Crippen LogP contribution is 2.31. The van der Waals surface area contributed by atoms with Crippen molar-refractivity contribution in [2.45, 2.75) is 19.8 Å². The number of fused-ring (bicyclic) bond motifs is 1. The Morgan fingerprint density at radius 2 is 2.24 bits per heavy atom. The first-order valence-corrected chi connectivity index (χ1v) is 7.89. The van der Waals surface area contributed by atoms with Gasteiger partial charge >= 0.3 is 10.4 Å². The first kappa shape index (κ1) is 15.7. The van der Waals surface area contributed by atoms with Gasteiger partial charge in [0.2, 0.25) is 5.91 Å². The molecule has 0 atom stereocenters. The van der Waals surface area contributed by atoms with Gasteiger partial charge < -0.3 is 4.90 Å². The zero-order chi connectivity index (χ0) is 15.6. The van der Waals surface area contributed by atoms with Crippen molar-refractivity contribution in [3.8, 4) is 0 Å². The van der Waals surface area contributed by atoms with E-state index in [1.807, 2.05) is 0 Å². The summed E-state index contributed by atoms with van der Waals surface area (Å²) >= 11 is 5.94. The summed E-state index contributed by atoms with van der Waals surface area (Å²) in [5.74, 6) is -0.0757. The molecule has 1 heterocycles. The molecule has 1 aromatic rings. The summed E-state index contributed by atoms with van der Waals surface area (Å²) in [5, 5.41) is 3.89. The highest BCUT2D eigenvalue weighted by atomic mass is 35.5. The second-order valence-corrected chi connectivity index (χ2v) is 5.79. The number of nitrogens with zero attached hydrogens (tertiary/aromatic N) is 2. The molecule has 0 radical (unpaired) electrons. The summed E-state index contributed by atoms with van der Waals surface area (Å²) in [6.45, 7) is 2.07. The molecule has 1 N–H and O–H groups in total. The third kappa shape index (κ3) is 3.72. The van der Waals surface area contributed by atoms with Crippen LogP contribution in [-0.4, -0.2) is 31.1 Å². The van der Waals surface area contributed by atoms with Gasteiger partial charge in [-0.2, -0.15) is 8.42 Å². The van der Waals surface area contributed by atoms with Crippen LogP contribution in [0.15, 0.2) is 23.4 Å². The number of carbonyl (C=O) groups is 1. The molecule has 1 amide bonds.